The Balaban J connectivity index is 1.28. The van der Waals surface area contributed by atoms with Gasteiger partial charge in [0.1, 0.15) is 5.75 Å². The Morgan fingerprint density at radius 3 is 2.63 bits per heavy atom. The highest BCUT2D eigenvalue weighted by Crippen LogP contribution is 2.68. The van der Waals surface area contributed by atoms with Crippen LogP contribution in [0.2, 0.25) is 0 Å². The minimum absolute atomic E-state index is 0.280. The molecule has 3 heteroatoms. The molecule has 1 N–H and O–H groups in total. The van der Waals surface area contributed by atoms with E-state index in [9.17, 15) is 4.79 Å². The molecule has 5 rings (SSSR count). The lowest BCUT2D eigenvalue weighted by Gasteiger charge is -2.58. The summed E-state index contributed by atoms with van der Waals surface area (Å²) in [5.41, 5.74) is 3.93. The predicted octanol–water partition coefficient (Wildman–Crippen LogP) is 9.28. The second-order valence-electron chi connectivity index (χ2n) is 14.5. The molecule has 0 radical (unpaired) electrons. The van der Waals surface area contributed by atoms with E-state index in [2.05, 4.69) is 52.8 Å². The van der Waals surface area contributed by atoms with E-state index in [1.165, 1.54) is 69.8 Å². The summed E-state index contributed by atoms with van der Waals surface area (Å²) in [7, 11) is 0. The van der Waals surface area contributed by atoms with Crippen LogP contribution in [0.3, 0.4) is 0 Å². The maximum atomic E-state index is 10.9. The molecule has 4 aliphatic carbocycles. The number of hydrogen-bond acceptors (Lipinski definition) is 2. The topological polar surface area (TPSA) is 46.5 Å². The van der Waals surface area contributed by atoms with Crippen molar-refractivity contribution in [1.29, 1.82) is 0 Å². The van der Waals surface area contributed by atoms with Crippen LogP contribution in [0, 0.1) is 46.3 Å². The van der Waals surface area contributed by atoms with Gasteiger partial charge in [0.25, 0.3) is 0 Å². The van der Waals surface area contributed by atoms with Gasteiger partial charge in [-0.2, -0.15) is 0 Å². The van der Waals surface area contributed by atoms with Crippen molar-refractivity contribution in [2.24, 2.45) is 46.3 Å². The van der Waals surface area contributed by atoms with E-state index in [0.717, 1.165) is 41.9 Å². The van der Waals surface area contributed by atoms with Crippen LogP contribution in [0.1, 0.15) is 117 Å². The van der Waals surface area contributed by atoms with Gasteiger partial charge in [0.2, 0.25) is 0 Å². The van der Waals surface area contributed by atoms with Crippen molar-refractivity contribution in [2.45, 2.75) is 111 Å². The number of ether oxygens (including phenoxy) is 1. The molecule has 38 heavy (non-hydrogen) atoms. The van der Waals surface area contributed by atoms with Gasteiger partial charge in [-0.1, -0.05) is 77.7 Å². The molecule has 0 spiro atoms. The molecule has 1 aromatic rings. The number of benzene rings is 1. The number of carboxylic acid groups (broad SMARTS) is 1. The van der Waals surface area contributed by atoms with Crippen molar-refractivity contribution >= 4 is 5.97 Å². The summed E-state index contributed by atoms with van der Waals surface area (Å²) in [4.78, 5) is 10.9. The van der Waals surface area contributed by atoms with Gasteiger partial charge in [-0.3, -0.25) is 0 Å². The molecule has 3 nitrogen and oxygen atoms in total. The summed E-state index contributed by atoms with van der Waals surface area (Å²) >= 11 is 0. The number of aliphatic carboxylic acids is 1. The monoisotopic (exact) mass is 520 g/mol. The van der Waals surface area contributed by atoms with Crippen LogP contribution in [0.5, 0.6) is 5.75 Å². The Bertz CT molecular complexity index is 1030. The Kier molecular flexibility index (Phi) is 8.05. The SMILES string of the molecule is CC(C)CCC[C@@H](C)[C@H]1CC[C@H]2[C@@H]3CC=C4C[C@@H](c5cccc(OCC(=O)O)c5)CC[C@]4(C)[C@H]3CC[C@]12C. The number of allylic oxidation sites excluding steroid dienone is 2. The molecule has 0 unspecified atom stereocenters. The number of carbonyl (C=O) groups is 1. The second kappa shape index (κ2) is 11.0. The molecular formula is C35H52O3. The summed E-state index contributed by atoms with van der Waals surface area (Å²) in [5.74, 6) is 5.52. The van der Waals surface area contributed by atoms with Crippen LogP contribution in [0.15, 0.2) is 35.9 Å². The molecule has 0 aromatic heterocycles. The molecule has 8 atom stereocenters. The fraction of sp³-hybridized carbons (Fsp3) is 0.743. The van der Waals surface area contributed by atoms with E-state index in [1.54, 1.807) is 5.57 Å². The van der Waals surface area contributed by atoms with Gasteiger partial charge < -0.3 is 9.84 Å². The summed E-state index contributed by atoms with van der Waals surface area (Å²) in [5, 5.41) is 8.98. The molecule has 4 aliphatic rings. The zero-order chi connectivity index (χ0) is 27.1. The van der Waals surface area contributed by atoms with Gasteiger partial charge in [-0.05, 0) is 121 Å². The van der Waals surface area contributed by atoms with Gasteiger partial charge in [0.15, 0.2) is 6.61 Å². The zero-order valence-corrected chi connectivity index (χ0v) is 24.7. The third-order valence-electron chi connectivity index (χ3n) is 12.0. The number of rotatable bonds is 9. The fourth-order valence-electron chi connectivity index (χ4n) is 9.97. The fourth-order valence-corrected chi connectivity index (χ4v) is 9.97. The van der Waals surface area contributed by atoms with Crippen LogP contribution in [-0.4, -0.2) is 17.7 Å². The third-order valence-corrected chi connectivity index (χ3v) is 12.0. The van der Waals surface area contributed by atoms with Crippen molar-refractivity contribution < 1.29 is 14.6 Å². The smallest absolute Gasteiger partial charge is 0.341 e. The van der Waals surface area contributed by atoms with Crippen LogP contribution in [0.25, 0.3) is 0 Å². The lowest BCUT2D eigenvalue weighted by molar-refractivity contribution is -0.139. The second-order valence-corrected chi connectivity index (χ2v) is 14.5. The molecule has 1 aromatic carbocycles. The lowest BCUT2D eigenvalue weighted by atomic mass is 9.46. The highest BCUT2D eigenvalue weighted by molar-refractivity contribution is 5.68. The first-order valence-corrected chi connectivity index (χ1v) is 15.8. The average Bonchev–Trinajstić information content (AvgIpc) is 3.24. The molecule has 0 amide bonds. The van der Waals surface area contributed by atoms with Crippen molar-refractivity contribution in [3.8, 4) is 5.75 Å². The largest absolute Gasteiger partial charge is 0.482 e. The molecular weight excluding hydrogens is 468 g/mol. The molecule has 0 heterocycles. The van der Waals surface area contributed by atoms with E-state index >= 15 is 0 Å². The quantitative estimate of drug-likeness (QED) is 0.330. The molecule has 0 bridgehead atoms. The predicted molar refractivity (Wildman–Crippen MR) is 155 cm³/mol. The molecule has 3 fully saturated rings. The minimum Gasteiger partial charge on any atom is -0.482 e. The van der Waals surface area contributed by atoms with Gasteiger partial charge in [0, 0.05) is 0 Å². The highest BCUT2D eigenvalue weighted by Gasteiger charge is 2.59. The van der Waals surface area contributed by atoms with Crippen molar-refractivity contribution in [1.82, 2.24) is 0 Å². The van der Waals surface area contributed by atoms with Crippen molar-refractivity contribution in [3.05, 3.63) is 41.5 Å². The van der Waals surface area contributed by atoms with Gasteiger partial charge in [0.05, 0.1) is 0 Å². The third kappa shape index (κ3) is 5.20. The summed E-state index contributed by atoms with van der Waals surface area (Å²) in [6.07, 6.45) is 17.6. The summed E-state index contributed by atoms with van der Waals surface area (Å²) in [6.45, 7) is 12.3. The number of hydrogen-bond donors (Lipinski definition) is 1. The lowest BCUT2D eigenvalue weighted by Crippen LogP contribution is -2.50. The molecule has 0 saturated heterocycles. The first-order chi connectivity index (χ1) is 18.1. The van der Waals surface area contributed by atoms with Crippen molar-refractivity contribution in [2.75, 3.05) is 6.61 Å². The van der Waals surface area contributed by atoms with E-state index in [-0.39, 0.29) is 6.61 Å². The number of carboxylic acids is 1. The van der Waals surface area contributed by atoms with E-state index in [1.807, 2.05) is 12.1 Å². The van der Waals surface area contributed by atoms with E-state index < -0.39 is 5.97 Å². The maximum absolute atomic E-state index is 10.9. The molecule has 210 valence electrons. The molecule has 0 aliphatic heterocycles. The van der Waals surface area contributed by atoms with Crippen LogP contribution in [-0.2, 0) is 4.79 Å². The van der Waals surface area contributed by atoms with Crippen molar-refractivity contribution in [3.63, 3.8) is 0 Å². The maximum Gasteiger partial charge on any atom is 0.341 e. The van der Waals surface area contributed by atoms with E-state index in [4.69, 9.17) is 9.84 Å². The normalized spacial score (nSPS) is 37.1. The van der Waals surface area contributed by atoms with Gasteiger partial charge in [-0.25, -0.2) is 4.79 Å². The number of fused-ring (bicyclic) bond motifs is 5. The van der Waals surface area contributed by atoms with Crippen LogP contribution in [0.4, 0.5) is 0 Å². The molecule has 3 saturated carbocycles. The van der Waals surface area contributed by atoms with E-state index in [0.29, 0.717) is 22.5 Å². The van der Waals surface area contributed by atoms with Gasteiger partial charge in [-0.15, -0.1) is 0 Å². The standard InChI is InChI=1S/C35H52O3/c1-23(2)8-6-9-24(3)30-14-15-31-29-13-12-27-20-26(25-10-7-11-28(21-25)38-22-33(36)37)16-18-34(27,4)32(29)17-19-35(30,31)5/h7,10-12,21,23-24,26,29-32H,6,8-9,13-20,22H2,1-5H3,(H,36,37)/t24-,26+,29+,30-,31+,32+,34+,35-/m1/s1. The van der Waals surface area contributed by atoms with Gasteiger partial charge >= 0.3 is 5.97 Å². The Morgan fingerprint density at radius 1 is 1.05 bits per heavy atom. The Labute approximate surface area is 231 Å². The zero-order valence-electron chi connectivity index (χ0n) is 24.7. The van der Waals surface area contributed by atoms with Crippen LogP contribution >= 0.6 is 0 Å². The summed E-state index contributed by atoms with van der Waals surface area (Å²) < 4.78 is 5.49. The Hall–Kier alpha value is -1.77. The first kappa shape index (κ1) is 27.8. The Morgan fingerprint density at radius 2 is 1.87 bits per heavy atom. The first-order valence-electron chi connectivity index (χ1n) is 15.8. The minimum atomic E-state index is -0.927. The highest BCUT2D eigenvalue weighted by atomic mass is 16.5. The van der Waals surface area contributed by atoms with Crippen LogP contribution < -0.4 is 4.74 Å². The summed E-state index contributed by atoms with van der Waals surface area (Å²) in [6, 6.07) is 8.19. The average molecular weight is 521 g/mol.